The molecule has 1 heterocycles. The average Bonchev–Trinajstić information content (AvgIpc) is 3.74. The second kappa shape index (κ2) is 18.3. The van der Waals surface area contributed by atoms with Crippen LogP contribution in [0.5, 0.6) is 0 Å². The van der Waals surface area contributed by atoms with Gasteiger partial charge in [-0.3, -0.25) is 0 Å². The monoisotopic (exact) mass is 835 g/mol. The minimum Gasteiger partial charge on any atom is -0.456 e. The van der Waals surface area contributed by atoms with Gasteiger partial charge in [0.1, 0.15) is 11.2 Å². The van der Waals surface area contributed by atoms with Crippen molar-refractivity contribution in [2.75, 3.05) is 4.90 Å². The van der Waals surface area contributed by atoms with Gasteiger partial charge in [-0.2, -0.15) is 0 Å². The van der Waals surface area contributed by atoms with Gasteiger partial charge in [-0.05, 0) is 148 Å². The number of para-hydroxylation sites is 1. The standard InChI is InChI=1S/C49H35NO.C14H14/c1-34-9-7-12-39(31-34)37-19-26-44(27-20-37)50(43-24-17-36(18-25-43)35-10-3-2-4-11-35)45-28-21-38(22-29-45)40-13-8-14-41(32-40)42-23-30-49-47(33-42)46-15-5-6-16-48(46)51-49;1-11-7-3-5-9-13(11)14-10-6-4-8-12(14)2/h2-33H,1H3;3-10H,1-2H3. The van der Waals surface area contributed by atoms with Crippen LogP contribution in [-0.2, 0) is 0 Å². The summed E-state index contributed by atoms with van der Waals surface area (Å²) in [6, 6.07) is 86.4. The molecule has 0 aliphatic carbocycles. The molecule has 0 unspecified atom stereocenters. The first-order valence-corrected chi connectivity index (χ1v) is 22.3. The minimum absolute atomic E-state index is 0.913. The molecule has 0 atom stereocenters. The van der Waals surface area contributed by atoms with Crippen LogP contribution in [0.4, 0.5) is 17.1 Å². The van der Waals surface area contributed by atoms with Crippen molar-refractivity contribution >= 4 is 39.0 Å². The maximum Gasteiger partial charge on any atom is 0.135 e. The van der Waals surface area contributed by atoms with Gasteiger partial charge < -0.3 is 9.32 Å². The first-order valence-electron chi connectivity index (χ1n) is 22.3. The molecule has 312 valence electrons. The zero-order valence-corrected chi connectivity index (χ0v) is 36.9. The maximum atomic E-state index is 6.08. The number of aryl methyl sites for hydroxylation is 3. The number of hydrogen-bond donors (Lipinski definition) is 0. The topological polar surface area (TPSA) is 16.4 Å². The largest absolute Gasteiger partial charge is 0.456 e. The lowest BCUT2D eigenvalue weighted by atomic mass is 9.97. The van der Waals surface area contributed by atoms with Crippen molar-refractivity contribution in [3.8, 4) is 55.6 Å². The first-order chi connectivity index (χ1) is 31.9. The van der Waals surface area contributed by atoms with Crippen LogP contribution in [-0.4, -0.2) is 0 Å². The molecule has 0 bridgehead atoms. The molecule has 10 aromatic carbocycles. The van der Waals surface area contributed by atoms with Crippen molar-refractivity contribution in [2.45, 2.75) is 20.8 Å². The molecule has 0 spiro atoms. The number of benzene rings is 10. The van der Waals surface area contributed by atoms with E-state index in [4.69, 9.17) is 4.42 Å². The van der Waals surface area contributed by atoms with Gasteiger partial charge in [0.25, 0.3) is 0 Å². The van der Waals surface area contributed by atoms with Crippen LogP contribution >= 0.6 is 0 Å². The Morgan fingerprint density at radius 2 is 0.677 bits per heavy atom. The lowest BCUT2D eigenvalue weighted by Crippen LogP contribution is -2.09. The number of nitrogens with zero attached hydrogens (tertiary/aromatic N) is 1. The Balaban J connectivity index is 0.000000303. The fourth-order valence-electron chi connectivity index (χ4n) is 8.85. The minimum atomic E-state index is 0.913. The third-order valence-corrected chi connectivity index (χ3v) is 12.3. The fourth-order valence-corrected chi connectivity index (χ4v) is 8.85. The number of rotatable bonds is 8. The summed E-state index contributed by atoms with van der Waals surface area (Å²) < 4.78 is 6.08. The van der Waals surface area contributed by atoms with Crippen LogP contribution in [0.25, 0.3) is 77.6 Å². The summed E-state index contributed by atoms with van der Waals surface area (Å²) in [6.45, 7) is 6.45. The zero-order valence-electron chi connectivity index (χ0n) is 36.9. The first kappa shape index (κ1) is 40.8. The molecule has 0 aliphatic heterocycles. The van der Waals surface area contributed by atoms with E-state index in [1.165, 1.54) is 72.3 Å². The van der Waals surface area contributed by atoms with Gasteiger partial charge in [0.2, 0.25) is 0 Å². The Bertz CT molecular complexity index is 3340. The molecule has 2 nitrogen and oxygen atoms in total. The molecular weight excluding hydrogens is 787 g/mol. The van der Waals surface area contributed by atoms with Crippen LogP contribution in [0.2, 0.25) is 0 Å². The van der Waals surface area contributed by atoms with Crippen LogP contribution in [0.3, 0.4) is 0 Å². The third-order valence-electron chi connectivity index (χ3n) is 12.3. The molecule has 11 aromatic rings. The normalized spacial score (nSPS) is 11.0. The quantitative estimate of drug-likeness (QED) is 0.152. The van der Waals surface area contributed by atoms with Crippen molar-refractivity contribution < 1.29 is 4.42 Å². The number of anilines is 3. The van der Waals surface area contributed by atoms with Crippen molar-refractivity contribution in [2.24, 2.45) is 0 Å². The number of furan rings is 1. The van der Waals surface area contributed by atoms with Gasteiger partial charge >= 0.3 is 0 Å². The summed E-state index contributed by atoms with van der Waals surface area (Å²) in [5.41, 5.74) is 21.3. The Kier molecular flexibility index (Phi) is 11.5. The molecule has 65 heavy (non-hydrogen) atoms. The molecule has 0 saturated heterocycles. The molecule has 0 saturated carbocycles. The Hall–Kier alpha value is -8.20. The molecule has 0 amide bonds. The maximum absolute atomic E-state index is 6.08. The Morgan fingerprint density at radius 1 is 0.277 bits per heavy atom. The highest BCUT2D eigenvalue weighted by atomic mass is 16.3. The zero-order chi connectivity index (χ0) is 44.1. The van der Waals surface area contributed by atoms with Crippen LogP contribution < -0.4 is 4.90 Å². The van der Waals surface area contributed by atoms with E-state index in [1.54, 1.807) is 0 Å². The lowest BCUT2D eigenvalue weighted by Gasteiger charge is -2.26. The van der Waals surface area contributed by atoms with Crippen LogP contribution in [0.1, 0.15) is 16.7 Å². The van der Waals surface area contributed by atoms with Crippen LogP contribution in [0, 0.1) is 20.8 Å². The summed E-state index contributed by atoms with van der Waals surface area (Å²) in [5.74, 6) is 0. The second-order valence-corrected chi connectivity index (χ2v) is 16.7. The summed E-state index contributed by atoms with van der Waals surface area (Å²) >= 11 is 0. The van der Waals surface area contributed by atoms with Crippen LogP contribution in [0.15, 0.2) is 247 Å². The van der Waals surface area contributed by atoms with E-state index < -0.39 is 0 Å². The van der Waals surface area contributed by atoms with Gasteiger partial charge in [0.15, 0.2) is 0 Å². The van der Waals surface area contributed by atoms with Gasteiger partial charge in [0, 0.05) is 27.8 Å². The van der Waals surface area contributed by atoms with E-state index in [0.29, 0.717) is 0 Å². The average molecular weight is 836 g/mol. The Labute approximate surface area is 382 Å². The molecule has 1 aromatic heterocycles. The van der Waals surface area contributed by atoms with E-state index in [0.717, 1.165) is 39.0 Å². The molecule has 11 rings (SSSR count). The van der Waals surface area contributed by atoms with Gasteiger partial charge in [-0.1, -0.05) is 188 Å². The SMILES string of the molecule is Cc1cccc(-c2ccc(N(c3ccc(-c4ccccc4)cc3)c3ccc(-c4cccc(-c5ccc6oc7ccccc7c6c5)c4)cc3)cc2)c1.Cc1ccccc1-c1ccccc1C. The van der Waals surface area contributed by atoms with Crippen molar-refractivity contribution in [1.29, 1.82) is 0 Å². The second-order valence-electron chi connectivity index (χ2n) is 16.7. The summed E-state index contributed by atoms with van der Waals surface area (Å²) in [5, 5.41) is 2.28. The summed E-state index contributed by atoms with van der Waals surface area (Å²) in [6.07, 6.45) is 0. The molecule has 2 heteroatoms. The third kappa shape index (κ3) is 8.76. The highest BCUT2D eigenvalue weighted by Crippen LogP contribution is 2.39. The predicted molar refractivity (Wildman–Crippen MR) is 276 cm³/mol. The van der Waals surface area contributed by atoms with Crippen molar-refractivity contribution in [3.63, 3.8) is 0 Å². The smallest absolute Gasteiger partial charge is 0.135 e. The highest BCUT2D eigenvalue weighted by molar-refractivity contribution is 6.06. The van der Waals surface area contributed by atoms with Gasteiger partial charge in [-0.15, -0.1) is 0 Å². The van der Waals surface area contributed by atoms with E-state index >= 15 is 0 Å². The fraction of sp³-hybridized carbons (Fsp3) is 0.0476. The van der Waals surface area contributed by atoms with E-state index in [9.17, 15) is 0 Å². The van der Waals surface area contributed by atoms with Gasteiger partial charge in [-0.25, -0.2) is 0 Å². The lowest BCUT2D eigenvalue weighted by molar-refractivity contribution is 0.669. The predicted octanol–water partition coefficient (Wildman–Crippen LogP) is 18.0. The van der Waals surface area contributed by atoms with E-state index in [-0.39, 0.29) is 0 Å². The van der Waals surface area contributed by atoms with E-state index in [1.807, 2.05) is 12.1 Å². The molecule has 0 aliphatic rings. The Morgan fingerprint density at radius 3 is 1.25 bits per heavy atom. The molecule has 0 radical (unpaired) electrons. The summed E-state index contributed by atoms with van der Waals surface area (Å²) in [4.78, 5) is 2.33. The summed E-state index contributed by atoms with van der Waals surface area (Å²) in [7, 11) is 0. The van der Waals surface area contributed by atoms with Crippen molar-refractivity contribution in [3.05, 3.63) is 259 Å². The highest BCUT2D eigenvalue weighted by Gasteiger charge is 2.15. The van der Waals surface area contributed by atoms with Crippen molar-refractivity contribution in [1.82, 2.24) is 0 Å². The van der Waals surface area contributed by atoms with Gasteiger partial charge in [0.05, 0.1) is 0 Å². The van der Waals surface area contributed by atoms with E-state index in [2.05, 4.69) is 256 Å². The number of fused-ring (bicyclic) bond motifs is 3. The molecule has 0 N–H and O–H groups in total. The number of hydrogen-bond acceptors (Lipinski definition) is 2. The molecule has 0 fully saturated rings. The molecular formula is C63H49NO.